The van der Waals surface area contributed by atoms with Gasteiger partial charge in [-0.25, -0.2) is 13.2 Å². The van der Waals surface area contributed by atoms with E-state index >= 15 is 0 Å². The predicted octanol–water partition coefficient (Wildman–Crippen LogP) is 6.13. The van der Waals surface area contributed by atoms with Crippen LogP contribution >= 0.6 is 11.6 Å². The van der Waals surface area contributed by atoms with Crippen LogP contribution in [0.2, 0.25) is 5.02 Å². The molecule has 0 aliphatic heterocycles. The Morgan fingerprint density at radius 3 is 2.00 bits per heavy atom. The number of hydrogen-bond acceptors (Lipinski definition) is 5. The van der Waals surface area contributed by atoms with Gasteiger partial charge < -0.3 is 8.92 Å². The Morgan fingerprint density at radius 2 is 1.44 bits per heavy atom. The molecule has 3 aromatic carbocycles. The second-order valence-electron chi connectivity index (χ2n) is 7.67. The Hall–Kier alpha value is -3.85. The van der Waals surface area contributed by atoms with Gasteiger partial charge in [0, 0.05) is 11.5 Å². The SMILES string of the molecule is COc1cc(C(F)(F)F)c(Cl)cc1-n1c(=O)ccc2cc(S(=O)(=O)Oc3c(F)c(F)c(F)c(F)c3F)ccc21. The van der Waals surface area contributed by atoms with E-state index in [9.17, 15) is 48.3 Å². The molecule has 0 N–H and O–H groups in total. The summed E-state index contributed by atoms with van der Waals surface area (Å²) in [5.41, 5.74) is -2.40. The number of aromatic nitrogens is 1. The Balaban J connectivity index is 1.87. The molecule has 1 aromatic heterocycles. The lowest BCUT2D eigenvalue weighted by molar-refractivity contribution is -0.137. The van der Waals surface area contributed by atoms with Crippen molar-refractivity contribution in [1.82, 2.24) is 4.57 Å². The number of rotatable bonds is 5. The first-order valence-corrected chi connectivity index (χ1v) is 11.9. The zero-order valence-corrected chi connectivity index (χ0v) is 20.4. The van der Waals surface area contributed by atoms with Crippen LogP contribution < -0.4 is 14.5 Å². The molecule has 206 valence electrons. The van der Waals surface area contributed by atoms with E-state index in [1.54, 1.807) is 0 Å². The van der Waals surface area contributed by atoms with E-state index in [0.29, 0.717) is 6.07 Å². The maximum atomic E-state index is 14.0. The van der Waals surface area contributed by atoms with E-state index in [4.69, 9.17) is 16.3 Å². The van der Waals surface area contributed by atoms with E-state index in [0.717, 1.165) is 48.1 Å². The quantitative estimate of drug-likeness (QED) is 0.119. The summed E-state index contributed by atoms with van der Waals surface area (Å²) >= 11 is 5.79. The number of benzene rings is 3. The van der Waals surface area contributed by atoms with Crippen molar-refractivity contribution in [1.29, 1.82) is 0 Å². The van der Waals surface area contributed by atoms with E-state index in [2.05, 4.69) is 4.18 Å². The van der Waals surface area contributed by atoms with Gasteiger partial charge in [0.25, 0.3) is 5.56 Å². The molecule has 0 saturated carbocycles. The fourth-order valence-electron chi connectivity index (χ4n) is 3.54. The number of halogens is 9. The first kappa shape index (κ1) is 28.2. The zero-order valence-electron chi connectivity index (χ0n) is 18.8. The summed E-state index contributed by atoms with van der Waals surface area (Å²) in [7, 11) is -4.19. The first-order valence-electron chi connectivity index (χ1n) is 10.1. The van der Waals surface area contributed by atoms with Crippen LogP contribution in [-0.2, 0) is 16.3 Å². The predicted molar refractivity (Wildman–Crippen MR) is 120 cm³/mol. The van der Waals surface area contributed by atoms with Gasteiger partial charge in [-0.05, 0) is 36.4 Å². The van der Waals surface area contributed by atoms with Crippen LogP contribution in [0.1, 0.15) is 5.56 Å². The summed E-state index contributed by atoms with van der Waals surface area (Å²) in [6.45, 7) is 0. The lowest BCUT2D eigenvalue weighted by Crippen LogP contribution is -2.19. The Bertz CT molecular complexity index is 1790. The minimum Gasteiger partial charge on any atom is -0.495 e. The number of hydrogen-bond donors (Lipinski definition) is 0. The molecule has 0 bridgehead atoms. The molecule has 4 aromatic rings. The summed E-state index contributed by atoms with van der Waals surface area (Å²) < 4.78 is 143. The average Bonchev–Trinajstić information content (AvgIpc) is 2.87. The van der Waals surface area contributed by atoms with Gasteiger partial charge in [0.15, 0.2) is 0 Å². The van der Waals surface area contributed by atoms with Crippen molar-refractivity contribution in [3.63, 3.8) is 0 Å². The van der Waals surface area contributed by atoms with Crippen LogP contribution in [0.5, 0.6) is 11.5 Å². The third-order valence-electron chi connectivity index (χ3n) is 5.33. The summed E-state index contributed by atoms with van der Waals surface area (Å²) in [6, 6.07) is 5.94. The standard InChI is InChI=1S/C23H10ClF8NO5S/c1-37-15-7-11(23(30,31)32)12(24)8-14(15)33-13-4-3-10(6-9(13)2-5-16(33)34)39(35,36)38-22-20(28)18(26)17(25)19(27)21(22)29/h2-8H,1H3. The van der Waals surface area contributed by atoms with Gasteiger partial charge in [0.1, 0.15) is 10.6 Å². The van der Waals surface area contributed by atoms with Crippen molar-refractivity contribution in [2.75, 3.05) is 7.11 Å². The van der Waals surface area contributed by atoms with Gasteiger partial charge in [-0.2, -0.15) is 30.4 Å². The van der Waals surface area contributed by atoms with Crippen LogP contribution in [0, 0.1) is 29.1 Å². The van der Waals surface area contributed by atoms with Crippen molar-refractivity contribution in [2.45, 2.75) is 11.1 Å². The largest absolute Gasteiger partial charge is 0.495 e. The molecule has 16 heteroatoms. The summed E-state index contributed by atoms with van der Waals surface area (Å²) in [5, 5.41) is -0.854. The maximum absolute atomic E-state index is 14.0. The number of pyridine rings is 1. The molecule has 0 spiro atoms. The number of alkyl halides is 3. The molecule has 1 heterocycles. The number of methoxy groups -OCH3 is 1. The third-order valence-corrected chi connectivity index (χ3v) is 6.86. The van der Waals surface area contributed by atoms with Crippen molar-refractivity contribution in [3.8, 4) is 17.2 Å². The molecule has 0 aliphatic carbocycles. The minimum absolute atomic E-state index is 0.0743. The second kappa shape index (κ2) is 9.72. The molecule has 6 nitrogen and oxygen atoms in total. The molecule has 4 rings (SSSR count). The number of nitrogens with zero attached hydrogens (tertiary/aromatic N) is 1. The minimum atomic E-state index is -5.22. The summed E-state index contributed by atoms with van der Waals surface area (Å²) in [4.78, 5) is 11.9. The van der Waals surface area contributed by atoms with Gasteiger partial charge in [-0.15, -0.1) is 0 Å². The molecule has 0 amide bonds. The number of fused-ring (bicyclic) bond motifs is 1. The van der Waals surface area contributed by atoms with Crippen LogP contribution in [0.4, 0.5) is 35.1 Å². The third kappa shape index (κ3) is 4.87. The lowest BCUT2D eigenvalue weighted by atomic mass is 10.1. The Labute approximate surface area is 217 Å². The number of ether oxygens (including phenoxy) is 1. The molecule has 39 heavy (non-hydrogen) atoms. The van der Waals surface area contributed by atoms with Gasteiger partial charge >= 0.3 is 16.3 Å². The highest BCUT2D eigenvalue weighted by molar-refractivity contribution is 7.87. The molecule has 0 aliphatic rings. The summed E-state index contributed by atoms with van der Waals surface area (Å²) in [6.07, 6.45) is -4.86. The van der Waals surface area contributed by atoms with E-state index in [-0.39, 0.29) is 16.6 Å². The van der Waals surface area contributed by atoms with Gasteiger partial charge in [0.2, 0.25) is 34.8 Å². The molecule has 0 fully saturated rings. The van der Waals surface area contributed by atoms with Gasteiger partial charge in [-0.3, -0.25) is 9.36 Å². The molecule has 0 radical (unpaired) electrons. The highest BCUT2D eigenvalue weighted by Gasteiger charge is 2.35. The van der Waals surface area contributed by atoms with Crippen molar-refractivity contribution < 1.29 is 52.5 Å². The smallest absolute Gasteiger partial charge is 0.417 e. The van der Waals surface area contributed by atoms with Crippen LogP contribution in [-0.4, -0.2) is 20.1 Å². The molecule has 0 saturated heterocycles. The van der Waals surface area contributed by atoms with E-state index < -0.39 is 77.9 Å². The topological polar surface area (TPSA) is 74.6 Å². The van der Waals surface area contributed by atoms with E-state index in [1.807, 2.05) is 0 Å². The molecular formula is C23H10ClF8NO5S. The Kier molecular flexibility index (Phi) is 7.02. The lowest BCUT2D eigenvalue weighted by Gasteiger charge is -2.17. The normalized spacial score (nSPS) is 12.2. The highest BCUT2D eigenvalue weighted by atomic mass is 35.5. The fourth-order valence-corrected chi connectivity index (χ4v) is 4.78. The average molecular weight is 600 g/mol. The van der Waals surface area contributed by atoms with Crippen molar-refractivity contribution in [3.05, 3.63) is 92.5 Å². The molecular weight excluding hydrogens is 590 g/mol. The van der Waals surface area contributed by atoms with Crippen LogP contribution in [0.15, 0.2) is 52.2 Å². The van der Waals surface area contributed by atoms with Crippen molar-refractivity contribution in [2.24, 2.45) is 0 Å². The monoisotopic (exact) mass is 599 g/mol. The highest BCUT2D eigenvalue weighted by Crippen LogP contribution is 2.40. The van der Waals surface area contributed by atoms with E-state index in [1.165, 1.54) is 0 Å². The maximum Gasteiger partial charge on any atom is 0.417 e. The Morgan fingerprint density at radius 1 is 0.846 bits per heavy atom. The fraction of sp³-hybridized carbons (Fsp3) is 0.0870. The van der Waals surface area contributed by atoms with Crippen molar-refractivity contribution >= 4 is 32.6 Å². The van der Waals surface area contributed by atoms with Gasteiger partial charge in [-0.1, -0.05) is 11.6 Å². The summed E-state index contributed by atoms with van der Waals surface area (Å²) in [5.74, 6) is -15.0. The second-order valence-corrected chi connectivity index (χ2v) is 9.62. The van der Waals surface area contributed by atoms with Gasteiger partial charge in [0.05, 0.1) is 28.9 Å². The molecule has 0 unspecified atom stereocenters. The molecule has 0 atom stereocenters. The zero-order chi connectivity index (χ0) is 29.0. The van der Waals surface area contributed by atoms with Crippen LogP contribution in [0.25, 0.3) is 16.6 Å². The first-order chi connectivity index (χ1) is 18.1. The van der Waals surface area contributed by atoms with Crippen LogP contribution in [0.3, 0.4) is 0 Å².